The fraction of sp³-hybridized carbons (Fsp3) is 0.556. The van der Waals surface area contributed by atoms with Crippen molar-refractivity contribution in [2.75, 3.05) is 0 Å². The Labute approximate surface area is 130 Å². The van der Waals surface area contributed by atoms with Crippen LogP contribution in [0, 0.1) is 0 Å². The van der Waals surface area contributed by atoms with Crippen molar-refractivity contribution in [3.8, 4) is 0 Å². The van der Waals surface area contributed by atoms with Crippen molar-refractivity contribution in [1.82, 2.24) is 0 Å². The summed E-state index contributed by atoms with van der Waals surface area (Å²) >= 11 is -0.0137. The minimum atomic E-state index is -0.0137. The summed E-state index contributed by atoms with van der Waals surface area (Å²) in [4.78, 5) is 0. The second-order valence-corrected chi connectivity index (χ2v) is 7.83. The largest absolute Gasteiger partial charge is 1.00 e. The molecule has 2 aliphatic carbocycles. The monoisotopic (exact) mass is 292 g/mol. The van der Waals surface area contributed by atoms with Gasteiger partial charge in [0.15, 0.2) is 0 Å². The number of rotatable bonds is 8. The summed E-state index contributed by atoms with van der Waals surface area (Å²) in [6, 6.07) is 0. The van der Waals surface area contributed by atoms with Gasteiger partial charge in [-0.25, -0.2) is 0 Å². The molecule has 0 atom stereocenters. The van der Waals surface area contributed by atoms with Crippen LogP contribution in [0.5, 0.6) is 0 Å². The number of hydrogen-bond donors (Lipinski definition) is 0. The van der Waals surface area contributed by atoms with E-state index in [1.165, 1.54) is 51.4 Å². The molecule has 1 heteroatoms. The molecule has 0 amide bonds. The molecule has 0 radical (unpaired) electrons. The van der Waals surface area contributed by atoms with Crippen LogP contribution >= 0.6 is 0 Å². The van der Waals surface area contributed by atoms with Gasteiger partial charge in [0.05, 0.1) is 0 Å². The summed E-state index contributed by atoms with van der Waals surface area (Å²) in [7, 11) is 0. The molecule has 0 fully saturated rings. The predicted octanol–water partition coefficient (Wildman–Crippen LogP) is 6.10. The molecule has 0 aliphatic heterocycles. The minimum Gasteiger partial charge on any atom is -1.00 e. The maximum atomic E-state index is 2.41. The van der Waals surface area contributed by atoms with Gasteiger partial charge < -0.3 is 2.85 Å². The SMILES string of the molecule is CCCCC1=[C]([Ti+2][C]2=C(CCCC)C=CC2)CC=C1.[H-].[H-]. The van der Waals surface area contributed by atoms with Crippen LogP contribution < -0.4 is 0 Å². The van der Waals surface area contributed by atoms with Gasteiger partial charge in [-0.1, -0.05) is 0 Å². The molecule has 0 saturated heterocycles. The smallest absolute Gasteiger partial charge is 1.00 e. The van der Waals surface area contributed by atoms with E-state index in [0.29, 0.717) is 0 Å². The Balaban J connectivity index is 0.00000200. The molecule has 0 aromatic carbocycles. The minimum absolute atomic E-state index is 0. The Kier molecular flexibility index (Phi) is 6.40. The molecule has 0 nitrogen and oxygen atoms in total. The van der Waals surface area contributed by atoms with Crippen molar-refractivity contribution < 1.29 is 22.0 Å². The predicted molar refractivity (Wildman–Crippen MR) is 82.8 cm³/mol. The van der Waals surface area contributed by atoms with Gasteiger partial charge in [0.1, 0.15) is 0 Å². The third-order valence-electron chi connectivity index (χ3n) is 3.96. The van der Waals surface area contributed by atoms with E-state index < -0.39 is 0 Å². The van der Waals surface area contributed by atoms with Crippen LogP contribution in [0.4, 0.5) is 0 Å². The topological polar surface area (TPSA) is 0 Å². The van der Waals surface area contributed by atoms with Gasteiger partial charge in [-0.2, -0.15) is 0 Å². The third-order valence-corrected chi connectivity index (χ3v) is 6.54. The van der Waals surface area contributed by atoms with Crippen LogP contribution in [0.2, 0.25) is 0 Å². The average Bonchev–Trinajstić information content (AvgIpc) is 3.04. The first-order chi connectivity index (χ1) is 9.35. The fourth-order valence-corrected chi connectivity index (χ4v) is 5.16. The first-order valence-corrected chi connectivity index (χ1v) is 9.45. The van der Waals surface area contributed by atoms with Gasteiger partial charge in [-0.15, -0.1) is 0 Å². The van der Waals surface area contributed by atoms with Crippen LogP contribution in [-0.2, 0) is 19.2 Å². The standard InChI is InChI=1S/2C9H13.Ti.2H/c2*1-2-3-6-9-7-4-5-8-9;;;/h2*4,7H,2-3,5-6H2,1H3;;;/q;;+2;2*-1. The van der Waals surface area contributed by atoms with Crippen molar-refractivity contribution in [3.63, 3.8) is 0 Å². The van der Waals surface area contributed by atoms with Gasteiger partial charge in [0.25, 0.3) is 0 Å². The van der Waals surface area contributed by atoms with Crippen molar-refractivity contribution in [1.29, 1.82) is 0 Å². The summed E-state index contributed by atoms with van der Waals surface area (Å²) < 4.78 is 3.64. The Morgan fingerprint density at radius 3 is 1.79 bits per heavy atom. The van der Waals surface area contributed by atoms with Gasteiger partial charge in [-0.05, 0) is 0 Å². The Bertz CT molecular complexity index is 390. The quantitative estimate of drug-likeness (QED) is 0.474. The van der Waals surface area contributed by atoms with Crippen LogP contribution in [0.25, 0.3) is 0 Å². The van der Waals surface area contributed by atoms with E-state index in [0.717, 1.165) is 0 Å². The molecular weight excluding hydrogens is 264 g/mol. The Morgan fingerprint density at radius 2 is 1.37 bits per heavy atom. The second kappa shape index (κ2) is 8.07. The van der Waals surface area contributed by atoms with Crippen molar-refractivity contribution in [2.24, 2.45) is 0 Å². The van der Waals surface area contributed by atoms with E-state index in [2.05, 4.69) is 38.2 Å². The number of allylic oxidation sites excluding steroid dienone is 8. The van der Waals surface area contributed by atoms with E-state index in [9.17, 15) is 0 Å². The van der Waals surface area contributed by atoms with E-state index in [1.807, 2.05) is 7.76 Å². The van der Waals surface area contributed by atoms with E-state index >= 15 is 0 Å². The molecule has 0 aromatic rings. The Morgan fingerprint density at radius 1 is 0.895 bits per heavy atom. The zero-order chi connectivity index (χ0) is 13.5. The van der Waals surface area contributed by atoms with Gasteiger partial charge in [0, 0.05) is 0 Å². The van der Waals surface area contributed by atoms with E-state index in [1.54, 1.807) is 11.1 Å². The van der Waals surface area contributed by atoms with Crippen molar-refractivity contribution >= 4 is 0 Å². The molecule has 0 saturated carbocycles. The summed E-state index contributed by atoms with van der Waals surface area (Å²) in [5.41, 5.74) is 3.38. The Hall–Kier alpha value is -0.326. The second-order valence-electron chi connectivity index (χ2n) is 5.55. The van der Waals surface area contributed by atoms with Crippen molar-refractivity contribution in [3.05, 3.63) is 43.2 Å². The number of unbranched alkanes of at least 4 members (excludes halogenated alkanes) is 2. The van der Waals surface area contributed by atoms with Crippen LogP contribution in [0.1, 0.15) is 68.1 Å². The fourth-order valence-electron chi connectivity index (χ4n) is 2.75. The summed E-state index contributed by atoms with van der Waals surface area (Å²) in [5.74, 6) is 0. The molecule has 0 aromatic heterocycles. The van der Waals surface area contributed by atoms with Gasteiger partial charge in [-0.3, -0.25) is 0 Å². The third kappa shape index (κ3) is 4.33. The zero-order valence-corrected chi connectivity index (χ0v) is 14.0. The molecule has 0 N–H and O–H groups in total. The molecule has 104 valence electrons. The molecule has 0 unspecified atom stereocenters. The summed E-state index contributed by atoms with van der Waals surface area (Å²) in [5, 5.41) is 0. The first kappa shape index (κ1) is 15.1. The van der Waals surface area contributed by atoms with Gasteiger partial charge in [0.2, 0.25) is 0 Å². The van der Waals surface area contributed by atoms with Crippen LogP contribution in [-0.4, -0.2) is 0 Å². The van der Waals surface area contributed by atoms with Crippen LogP contribution in [0.15, 0.2) is 43.2 Å². The normalized spacial score (nSPS) is 17.8. The van der Waals surface area contributed by atoms with E-state index in [-0.39, 0.29) is 22.0 Å². The molecule has 2 rings (SSSR count). The maximum Gasteiger partial charge on any atom is -1.00 e. The molecule has 2 aliphatic rings. The van der Waals surface area contributed by atoms with Crippen molar-refractivity contribution in [2.45, 2.75) is 65.2 Å². The zero-order valence-electron chi connectivity index (χ0n) is 14.5. The number of hydrogen-bond acceptors (Lipinski definition) is 0. The first-order valence-electron chi connectivity index (χ1n) is 7.89. The van der Waals surface area contributed by atoms with E-state index in [4.69, 9.17) is 0 Å². The van der Waals surface area contributed by atoms with Crippen LogP contribution in [0.3, 0.4) is 0 Å². The summed E-state index contributed by atoms with van der Waals surface area (Å²) in [6.07, 6.45) is 20.1. The average molecular weight is 292 g/mol. The molecule has 0 heterocycles. The van der Waals surface area contributed by atoms with Gasteiger partial charge >= 0.3 is 128 Å². The molecule has 0 bridgehead atoms. The summed E-state index contributed by atoms with van der Waals surface area (Å²) in [6.45, 7) is 4.59. The maximum absolute atomic E-state index is 2.41. The molecule has 19 heavy (non-hydrogen) atoms. The molecule has 0 spiro atoms. The molecular formula is C18H28Ti.